The summed E-state index contributed by atoms with van der Waals surface area (Å²) in [6.07, 6.45) is 1.94. The lowest BCUT2D eigenvalue weighted by atomic mass is 10.1. The highest BCUT2D eigenvalue weighted by molar-refractivity contribution is 5.95. The molecule has 1 aliphatic heterocycles. The third kappa shape index (κ3) is 4.25. The number of methoxy groups -OCH3 is 1. The van der Waals surface area contributed by atoms with Gasteiger partial charge in [-0.2, -0.15) is 0 Å². The van der Waals surface area contributed by atoms with Crippen molar-refractivity contribution in [1.29, 1.82) is 0 Å². The van der Waals surface area contributed by atoms with Crippen molar-refractivity contribution in [1.82, 2.24) is 4.90 Å². The molecule has 1 atom stereocenters. The maximum Gasteiger partial charge on any atom is 0.254 e. The van der Waals surface area contributed by atoms with Gasteiger partial charge in [-0.25, -0.2) is 0 Å². The summed E-state index contributed by atoms with van der Waals surface area (Å²) in [7, 11) is 1.57. The van der Waals surface area contributed by atoms with Crippen molar-refractivity contribution in [2.75, 3.05) is 26.8 Å². The monoisotopic (exact) mass is 314 g/mol. The van der Waals surface area contributed by atoms with Gasteiger partial charge in [0.05, 0.1) is 13.7 Å². The summed E-state index contributed by atoms with van der Waals surface area (Å²) in [5.41, 5.74) is 6.53. The molecule has 1 aliphatic rings. The minimum absolute atomic E-state index is 0. The first-order valence-corrected chi connectivity index (χ1v) is 7.01. The van der Waals surface area contributed by atoms with Crippen LogP contribution in [0.25, 0.3) is 0 Å². The number of rotatable bonds is 4. The molecule has 1 saturated heterocycles. The van der Waals surface area contributed by atoms with Crippen molar-refractivity contribution >= 4 is 18.3 Å². The predicted molar refractivity (Wildman–Crippen MR) is 84.5 cm³/mol. The molecule has 1 amide bonds. The summed E-state index contributed by atoms with van der Waals surface area (Å²) in [4.78, 5) is 14.3. The van der Waals surface area contributed by atoms with Crippen molar-refractivity contribution in [3.05, 3.63) is 23.8 Å². The van der Waals surface area contributed by atoms with Gasteiger partial charge >= 0.3 is 0 Å². The SMILES string of the molecule is CCOc1ccc(C(=O)N2CCCC(N)C2)cc1OC.Cl. The molecule has 0 radical (unpaired) electrons. The summed E-state index contributed by atoms with van der Waals surface area (Å²) in [6, 6.07) is 5.36. The van der Waals surface area contributed by atoms with E-state index in [2.05, 4.69) is 0 Å². The van der Waals surface area contributed by atoms with E-state index in [4.69, 9.17) is 15.2 Å². The lowest BCUT2D eigenvalue weighted by Gasteiger charge is -2.31. The second kappa shape index (κ2) is 8.10. The van der Waals surface area contributed by atoms with Gasteiger partial charge in [-0.1, -0.05) is 0 Å². The van der Waals surface area contributed by atoms with Crippen molar-refractivity contribution in [2.45, 2.75) is 25.8 Å². The third-order valence-corrected chi connectivity index (χ3v) is 3.46. The molecule has 21 heavy (non-hydrogen) atoms. The number of nitrogens with two attached hydrogens (primary N) is 1. The molecule has 0 bridgehead atoms. The molecule has 2 N–H and O–H groups in total. The number of hydrogen-bond acceptors (Lipinski definition) is 4. The Balaban J connectivity index is 0.00000220. The van der Waals surface area contributed by atoms with Crippen LogP contribution in [-0.2, 0) is 0 Å². The number of ether oxygens (including phenoxy) is 2. The Morgan fingerprint density at radius 2 is 2.19 bits per heavy atom. The zero-order valence-corrected chi connectivity index (χ0v) is 13.3. The average Bonchev–Trinajstić information content (AvgIpc) is 2.47. The Morgan fingerprint density at radius 3 is 2.81 bits per heavy atom. The molecule has 0 saturated carbocycles. The molecule has 118 valence electrons. The van der Waals surface area contributed by atoms with E-state index in [0.29, 0.717) is 30.2 Å². The Hall–Kier alpha value is -1.46. The normalized spacial score (nSPS) is 17.9. The quantitative estimate of drug-likeness (QED) is 0.924. The Labute approximate surface area is 131 Å². The summed E-state index contributed by atoms with van der Waals surface area (Å²) in [5, 5.41) is 0. The van der Waals surface area contributed by atoms with Crippen LogP contribution in [0.2, 0.25) is 0 Å². The van der Waals surface area contributed by atoms with E-state index in [-0.39, 0.29) is 24.4 Å². The van der Waals surface area contributed by atoms with E-state index in [1.165, 1.54) is 0 Å². The number of benzene rings is 1. The number of carbonyl (C=O) groups is 1. The van der Waals surface area contributed by atoms with Crippen LogP contribution < -0.4 is 15.2 Å². The van der Waals surface area contributed by atoms with E-state index in [9.17, 15) is 4.79 Å². The Morgan fingerprint density at radius 1 is 1.43 bits per heavy atom. The number of hydrogen-bond donors (Lipinski definition) is 1. The fourth-order valence-electron chi connectivity index (χ4n) is 2.45. The molecule has 1 unspecified atom stereocenters. The molecule has 5 nitrogen and oxygen atoms in total. The molecule has 1 heterocycles. The number of halogens is 1. The maximum atomic E-state index is 12.5. The standard InChI is InChI=1S/C15H22N2O3.ClH/c1-3-20-13-7-6-11(9-14(13)19-2)15(18)17-8-4-5-12(16)10-17;/h6-7,9,12H,3-5,8,10,16H2,1-2H3;1H. The van der Waals surface area contributed by atoms with Crippen LogP contribution >= 0.6 is 12.4 Å². The zero-order valence-electron chi connectivity index (χ0n) is 12.5. The minimum Gasteiger partial charge on any atom is -0.493 e. The minimum atomic E-state index is 0. The van der Waals surface area contributed by atoms with Gasteiger partial charge in [0.15, 0.2) is 11.5 Å². The van der Waals surface area contributed by atoms with Crippen molar-refractivity contribution in [2.24, 2.45) is 5.73 Å². The number of nitrogens with zero attached hydrogens (tertiary/aromatic N) is 1. The first-order valence-electron chi connectivity index (χ1n) is 7.01. The van der Waals surface area contributed by atoms with Gasteiger partial charge in [0.1, 0.15) is 0 Å². The van der Waals surface area contributed by atoms with Gasteiger partial charge in [-0.05, 0) is 38.0 Å². The van der Waals surface area contributed by atoms with E-state index >= 15 is 0 Å². The number of piperidine rings is 1. The number of amides is 1. The fourth-order valence-corrected chi connectivity index (χ4v) is 2.45. The molecule has 0 spiro atoms. The van der Waals surface area contributed by atoms with Crippen LogP contribution in [0.15, 0.2) is 18.2 Å². The highest BCUT2D eigenvalue weighted by Crippen LogP contribution is 2.28. The summed E-state index contributed by atoms with van der Waals surface area (Å²) >= 11 is 0. The summed E-state index contributed by atoms with van der Waals surface area (Å²) in [6.45, 7) is 3.86. The highest BCUT2D eigenvalue weighted by atomic mass is 35.5. The van der Waals surface area contributed by atoms with Gasteiger partial charge in [0, 0.05) is 24.7 Å². The molecule has 1 fully saturated rings. The Bertz CT molecular complexity index is 482. The lowest BCUT2D eigenvalue weighted by Crippen LogP contribution is -2.45. The second-order valence-electron chi connectivity index (χ2n) is 4.95. The van der Waals surface area contributed by atoms with Crippen molar-refractivity contribution in [3.63, 3.8) is 0 Å². The molecule has 6 heteroatoms. The zero-order chi connectivity index (χ0) is 14.5. The van der Waals surface area contributed by atoms with Crippen LogP contribution in [0.1, 0.15) is 30.1 Å². The first kappa shape index (κ1) is 17.6. The average molecular weight is 315 g/mol. The van der Waals surface area contributed by atoms with Gasteiger partial charge in [0.2, 0.25) is 0 Å². The largest absolute Gasteiger partial charge is 0.493 e. The van der Waals surface area contributed by atoms with E-state index < -0.39 is 0 Å². The van der Waals surface area contributed by atoms with Gasteiger partial charge in [-0.15, -0.1) is 12.4 Å². The van der Waals surface area contributed by atoms with E-state index in [0.717, 1.165) is 19.4 Å². The predicted octanol–water partition coefficient (Wildman–Crippen LogP) is 2.08. The maximum absolute atomic E-state index is 12.5. The van der Waals surface area contributed by atoms with Crippen LogP contribution in [0.4, 0.5) is 0 Å². The highest BCUT2D eigenvalue weighted by Gasteiger charge is 2.23. The molecule has 1 aromatic rings. The topological polar surface area (TPSA) is 64.8 Å². The van der Waals surface area contributed by atoms with Crippen LogP contribution in [0.3, 0.4) is 0 Å². The number of likely N-dealkylation sites (tertiary alicyclic amines) is 1. The van der Waals surface area contributed by atoms with Crippen LogP contribution in [0.5, 0.6) is 11.5 Å². The lowest BCUT2D eigenvalue weighted by molar-refractivity contribution is 0.0708. The van der Waals surface area contributed by atoms with Crippen LogP contribution in [0, 0.1) is 0 Å². The van der Waals surface area contributed by atoms with Crippen molar-refractivity contribution in [3.8, 4) is 11.5 Å². The summed E-state index contributed by atoms with van der Waals surface area (Å²) < 4.78 is 10.7. The second-order valence-corrected chi connectivity index (χ2v) is 4.95. The number of carbonyl (C=O) groups excluding carboxylic acids is 1. The molecule has 0 aromatic heterocycles. The van der Waals surface area contributed by atoms with E-state index in [1.54, 1.807) is 25.3 Å². The van der Waals surface area contributed by atoms with Gasteiger partial charge in [-0.3, -0.25) is 4.79 Å². The van der Waals surface area contributed by atoms with E-state index in [1.807, 2.05) is 11.8 Å². The molecular weight excluding hydrogens is 292 g/mol. The first-order chi connectivity index (χ1) is 9.65. The molecule has 0 aliphatic carbocycles. The summed E-state index contributed by atoms with van der Waals surface area (Å²) in [5.74, 6) is 1.24. The van der Waals surface area contributed by atoms with Crippen LogP contribution in [-0.4, -0.2) is 43.7 Å². The Kier molecular flexibility index (Phi) is 6.78. The van der Waals surface area contributed by atoms with Gasteiger partial charge in [0.25, 0.3) is 5.91 Å². The molecular formula is C15H23ClN2O3. The van der Waals surface area contributed by atoms with Gasteiger partial charge < -0.3 is 20.1 Å². The smallest absolute Gasteiger partial charge is 0.254 e. The third-order valence-electron chi connectivity index (χ3n) is 3.46. The fraction of sp³-hybridized carbons (Fsp3) is 0.533. The molecule has 1 aromatic carbocycles. The van der Waals surface area contributed by atoms with Crippen molar-refractivity contribution < 1.29 is 14.3 Å². The molecule has 2 rings (SSSR count).